The van der Waals surface area contributed by atoms with Crippen molar-refractivity contribution in [2.45, 2.75) is 20.8 Å². The number of methoxy groups -OCH3 is 1. The van der Waals surface area contributed by atoms with Crippen LogP contribution >= 0.6 is 24.0 Å². The summed E-state index contributed by atoms with van der Waals surface area (Å²) in [5.41, 5.74) is 4.24. The second-order valence-corrected chi connectivity index (χ2v) is 7.47. The van der Waals surface area contributed by atoms with Crippen LogP contribution in [0.3, 0.4) is 0 Å². The fraction of sp³-hybridized carbons (Fsp3) is 0.263. The molecule has 0 atom stereocenters. The molecule has 2 heterocycles. The predicted molar refractivity (Wildman–Crippen MR) is 107 cm³/mol. The van der Waals surface area contributed by atoms with Crippen molar-refractivity contribution in [1.29, 1.82) is 0 Å². The van der Waals surface area contributed by atoms with E-state index in [1.54, 1.807) is 12.0 Å². The summed E-state index contributed by atoms with van der Waals surface area (Å²) >= 11 is 6.65. The molecule has 3 rings (SSSR count). The Morgan fingerprint density at radius 2 is 2.04 bits per heavy atom. The van der Waals surface area contributed by atoms with Gasteiger partial charge < -0.3 is 9.30 Å². The first-order chi connectivity index (χ1) is 12.0. The zero-order valence-corrected chi connectivity index (χ0v) is 16.3. The first kappa shape index (κ1) is 17.8. The largest absolute Gasteiger partial charge is 0.497 e. The molecule has 0 bridgehead atoms. The molecule has 0 spiro atoms. The molecule has 1 saturated heterocycles. The molecule has 1 aromatic carbocycles. The minimum atomic E-state index is -0.0105. The van der Waals surface area contributed by atoms with E-state index in [-0.39, 0.29) is 5.91 Å². The highest BCUT2D eigenvalue weighted by Crippen LogP contribution is 2.34. The normalized spacial score (nSPS) is 16.2. The van der Waals surface area contributed by atoms with Gasteiger partial charge in [-0.15, -0.1) is 0 Å². The zero-order valence-electron chi connectivity index (χ0n) is 14.7. The van der Waals surface area contributed by atoms with Gasteiger partial charge in [-0.25, -0.2) is 0 Å². The second kappa shape index (κ2) is 7.06. The van der Waals surface area contributed by atoms with Crippen molar-refractivity contribution in [2.75, 3.05) is 13.7 Å². The maximum absolute atomic E-state index is 12.4. The summed E-state index contributed by atoms with van der Waals surface area (Å²) in [5, 5.41) is 0. The number of thiocarbonyl (C=S) groups is 1. The van der Waals surface area contributed by atoms with Crippen LogP contribution in [0.5, 0.6) is 5.75 Å². The SMILES string of the molecule is CCN1C(=O)/C(=C\c2cc(C)n(-c3cccc(OC)c3)c2C)SC1=S. The van der Waals surface area contributed by atoms with Gasteiger partial charge in [-0.3, -0.25) is 9.69 Å². The van der Waals surface area contributed by atoms with Gasteiger partial charge in [-0.05, 0) is 50.6 Å². The molecule has 2 aromatic rings. The Labute approximate surface area is 157 Å². The van der Waals surface area contributed by atoms with E-state index in [0.717, 1.165) is 28.4 Å². The van der Waals surface area contributed by atoms with Gasteiger partial charge in [0.15, 0.2) is 0 Å². The Balaban J connectivity index is 2.02. The lowest BCUT2D eigenvalue weighted by Crippen LogP contribution is -2.27. The van der Waals surface area contributed by atoms with Crippen molar-refractivity contribution in [1.82, 2.24) is 9.47 Å². The smallest absolute Gasteiger partial charge is 0.266 e. The number of thioether (sulfide) groups is 1. The third kappa shape index (κ3) is 3.24. The minimum Gasteiger partial charge on any atom is -0.497 e. The molecule has 130 valence electrons. The summed E-state index contributed by atoms with van der Waals surface area (Å²) in [5.74, 6) is 0.805. The van der Waals surface area contributed by atoms with E-state index in [1.807, 2.05) is 37.3 Å². The van der Waals surface area contributed by atoms with E-state index in [4.69, 9.17) is 17.0 Å². The monoisotopic (exact) mass is 372 g/mol. The molecule has 1 aliphatic rings. The maximum Gasteiger partial charge on any atom is 0.266 e. The molecule has 1 aromatic heterocycles. The summed E-state index contributed by atoms with van der Waals surface area (Å²) in [6, 6.07) is 10.0. The lowest BCUT2D eigenvalue weighted by Gasteiger charge is -2.11. The molecule has 6 heteroatoms. The van der Waals surface area contributed by atoms with Crippen LogP contribution in [-0.4, -0.2) is 33.3 Å². The number of carbonyl (C=O) groups is 1. The summed E-state index contributed by atoms with van der Waals surface area (Å²) in [6.45, 7) is 6.65. The Bertz CT molecular complexity index is 884. The Morgan fingerprint density at radius 1 is 1.28 bits per heavy atom. The van der Waals surface area contributed by atoms with E-state index in [1.165, 1.54) is 11.8 Å². The molecule has 1 fully saturated rings. The highest BCUT2D eigenvalue weighted by Gasteiger charge is 2.30. The molecule has 0 radical (unpaired) electrons. The third-order valence-corrected chi connectivity index (χ3v) is 5.64. The quantitative estimate of drug-likeness (QED) is 0.591. The van der Waals surface area contributed by atoms with Crippen LogP contribution in [0.4, 0.5) is 0 Å². The minimum absolute atomic E-state index is 0.0105. The van der Waals surface area contributed by atoms with E-state index < -0.39 is 0 Å². The number of rotatable bonds is 4. The van der Waals surface area contributed by atoms with Crippen molar-refractivity contribution in [3.8, 4) is 11.4 Å². The maximum atomic E-state index is 12.4. The molecule has 0 aliphatic carbocycles. The van der Waals surface area contributed by atoms with Gasteiger partial charge in [0.1, 0.15) is 10.1 Å². The molecule has 0 N–H and O–H groups in total. The first-order valence-corrected chi connectivity index (χ1v) is 9.27. The van der Waals surface area contributed by atoms with Gasteiger partial charge in [0.05, 0.1) is 12.0 Å². The number of amides is 1. The van der Waals surface area contributed by atoms with Crippen LogP contribution in [0.2, 0.25) is 0 Å². The average molecular weight is 373 g/mol. The van der Waals surface area contributed by atoms with Crippen LogP contribution < -0.4 is 4.74 Å². The molecule has 1 aliphatic heterocycles. The molecule has 4 nitrogen and oxygen atoms in total. The fourth-order valence-corrected chi connectivity index (χ4v) is 4.37. The van der Waals surface area contributed by atoms with Crippen LogP contribution in [0.1, 0.15) is 23.9 Å². The number of likely N-dealkylation sites (N-methyl/N-ethyl adjacent to an activating group) is 1. The van der Waals surface area contributed by atoms with Crippen molar-refractivity contribution < 1.29 is 9.53 Å². The number of aromatic nitrogens is 1. The van der Waals surface area contributed by atoms with E-state index >= 15 is 0 Å². The Kier molecular flexibility index (Phi) is 5.01. The summed E-state index contributed by atoms with van der Waals surface area (Å²) < 4.78 is 8.11. The van der Waals surface area contributed by atoms with Crippen LogP contribution in [0, 0.1) is 13.8 Å². The number of aryl methyl sites for hydroxylation is 1. The summed E-state index contributed by atoms with van der Waals surface area (Å²) in [4.78, 5) is 14.7. The Morgan fingerprint density at radius 3 is 2.68 bits per heavy atom. The van der Waals surface area contributed by atoms with Crippen LogP contribution in [0.15, 0.2) is 35.2 Å². The van der Waals surface area contributed by atoms with Crippen molar-refractivity contribution in [3.05, 3.63) is 52.2 Å². The van der Waals surface area contributed by atoms with Crippen molar-refractivity contribution in [3.63, 3.8) is 0 Å². The van der Waals surface area contributed by atoms with Gasteiger partial charge in [0.2, 0.25) is 0 Å². The van der Waals surface area contributed by atoms with Gasteiger partial charge in [0, 0.05) is 29.7 Å². The van der Waals surface area contributed by atoms with Gasteiger partial charge >= 0.3 is 0 Å². The number of hydrogen-bond acceptors (Lipinski definition) is 4. The standard InChI is InChI=1S/C19H20N2O2S2/c1-5-20-18(22)17(25-19(20)24)10-14-9-12(2)21(13(14)3)15-7-6-8-16(11-15)23-4/h6-11H,5H2,1-4H3/b17-10+. The molecule has 0 saturated carbocycles. The lowest BCUT2D eigenvalue weighted by molar-refractivity contribution is -0.121. The topological polar surface area (TPSA) is 34.5 Å². The highest BCUT2D eigenvalue weighted by molar-refractivity contribution is 8.26. The first-order valence-electron chi connectivity index (χ1n) is 8.05. The molecular weight excluding hydrogens is 352 g/mol. The molecule has 25 heavy (non-hydrogen) atoms. The van der Waals surface area contributed by atoms with Gasteiger partial charge in [-0.2, -0.15) is 0 Å². The Hall–Kier alpha value is -2.05. The van der Waals surface area contributed by atoms with E-state index in [9.17, 15) is 4.79 Å². The van der Waals surface area contributed by atoms with Gasteiger partial charge in [-0.1, -0.05) is 30.0 Å². The predicted octanol–water partition coefficient (Wildman–Crippen LogP) is 4.32. The average Bonchev–Trinajstić information content (AvgIpc) is 3.03. The number of ether oxygens (including phenoxy) is 1. The van der Waals surface area contributed by atoms with E-state index in [2.05, 4.69) is 24.5 Å². The zero-order chi connectivity index (χ0) is 18.1. The van der Waals surface area contributed by atoms with Crippen LogP contribution in [0.25, 0.3) is 11.8 Å². The lowest BCUT2D eigenvalue weighted by atomic mass is 10.2. The molecular formula is C19H20N2O2S2. The highest BCUT2D eigenvalue weighted by atomic mass is 32.2. The van der Waals surface area contributed by atoms with Crippen molar-refractivity contribution >= 4 is 40.3 Å². The van der Waals surface area contributed by atoms with E-state index in [0.29, 0.717) is 15.8 Å². The fourth-order valence-electron chi connectivity index (χ4n) is 2.99. The number of benzene rings is 1. The van der Waals surface area contributed by atoms with Gasteiger partial charge in [0.25, 0.3) is 5.91 Å². The third-order valence-electron chi connectivity index (χ3n) is 4.26. The number of hydrogen-bond donors (Lipinski definition) is 0. The summed E-state index contributed by atoms with van der Waals surface area (Å²) in [6.07, 6.45) is 1.94. The number of carbonyl (C=O) groups excluding carboxylic acids is 1. The second-order valence-electron chi connectivity index (χ2n) is 5.79. The van der Waals surface area contributed by atoms with Crippen LogP contribution in [-0.2, 0) is 4.79 Å². The number of nitrogens with zero attached hydrogens (tertiary/aromatic N) is 2. The molecule has 1 amide bonds. The van der Waals surface area contributed by atoms with Crippen molar-refractivity contribution in [2.24, 2.45) is 0 Å². The summed E-state index contributed by atoms with van der Waals surface area (Å²) in [7, 11) is 1.66. The molecule has 0 unspecified atom stereocenters.